The number of nitrogens with zero attached hydrogens (tertiary/aromatic N) is 2. The molecule has 1 aliphatic rings. The molecule has 1 aliphatic carbocycles. The molecule has 1 heterocycles. The zero-order valence-corrected chi connectivity index (χ0v) is 11.2. The summed E-state index contributed by atoms with van der Waals surface area (Å²) in [6.45, 7) is 2.78. The molecule has 0 spiro atoms. The molecule has 2 rings (SSSR count). The van der Waals surface area contributed by atoms with Crippen molar-refractivity contribution in [3.63, 3.8) is 0 Å². The second-order valence-corrected chi connectivity index (χ2v) is 4.99. The quantitative estimate of drug-likeness (QED) is 0.786. The van der Waals surface area contributed by atoms with Crippen LogP contribution in [0.1, 0.15) is 50.3 Å². The van der Waals surface area contributed by atoms with Gasteiger partial charge < -0.3 is 10.4 Å². The van der Waals surface area contributed by atoms with Gasteiger partial charge >= 0.3 is 0 Å². The number of aryl methyl sites for hydroxylation is 1. The Kier molecular flexibility index (Phi) is 4.93. The van der Waals surface area contributed by atoms with Crippen molar-refractivity contribution in [2.45, 2.75) is 58.0 Å². The predicted octanol–water partition coefficient (Wildman–Crippen LogP) is 2.32. The number of aliphatic hydroxyl groups excluding tert-OH is 1. The van der Waals surface area contributed by atoms with Gasteiger partial charge in [-0.15, -0.1) is 0 Å². The van der Waals surface area contributed by atoms with Crippen molar-refractivity contribution in [1.82, 2.24) is 9.97 Å². The van der Waals surface area contributed by atoms with E-state index < -0.39 is 0 Å². The van der Waals surface area contributed by atoms with Crippen molar-refractivity contribution in [2.75, 3.05) is 11.9 Å². The van der Waals surface area contributed by atoms with E-state index in [2.05, 4.69) is 15.3 Å². The highest BCUT2D eigenvalue weighted by atomic mass is 16.3. The van der Waals surface area contributed by atoms with Crippen LogP contribution < -0.4 is 5.32 Å². The van der Waals surface area contributed by atoms with E-state index >= 15 is 0 Å². The molecular weight excluding hydrogens is 226 g/mol. The van der Waals surface area contributed by atoms with Crippen molar-refractivity contribution in [2.24, 2.45) is 0 Å². The van der Waals surface area contributed by atoms with Gasteiger partial charge in [0.1, 0.15) is 12.1 Å². The van der Waals surface area contributed by atoms with Gasteiger partial charge in [0.15, 0.2) is 0 Å². The first-order chi connectivity index (χ1) is 8.81. The molecule has 18 heavy (non-hydrogen) atoms. The first-order valence-corrected chi connectivity index (χ1v) is 7.06. The summed E-state index contributed by atoms with van der Waals surface area (Å²) in [4.78, 5) is 8.75. The molecule has 0 saturated heterocycles. The largest absolute Gasteiger partial charge is 0.393 e. The van der Waals surface area contributed by atoms with Crippen LogP contribution in [0.4, 0.5) is 5.82 Å². The number of anilines is 1. The average molecular weight is 249 g/mol. The first kappa shape index (κ1) is 13.3. The molecule has 2 N–H and O–H groups in total. The molecular formula is C14H23N3O. The third kappa shape index (κ3) is 3.42. The second-order valence-electron chi connectivity index (χ2n) is 4.99. The summed E-state index contributed by atoms with van der Waals surface area (Å²) >= 11 is 0. The second kappa shape index (κ2) is 6.69. The summed E-state index contributed by atoms with van der Waals surface area (Å²) in [5.74, 6) is 0.977. The monoisotopic (exact) mass is 249 g/mol. The van der Waals surface area contributed by atoms with Crippen LogP contribution >= 0.6 is 0 Å². The fourth-order valence-electron chi connectivity index (χ4n) is 2.41. The zero-order chi connectivity index (χ0) is 12.8. The molecule has 100 valence electrons. The maximum Gasteiger partial charge on any atom is 0.132 e. The highest BCUT2D eigenvalue weighted by Crippen LogP contribution is 2.23. The topological polar surface area (TPSA) is 58.0 Å². The number of nitrogens with one attached hydrogen (secondary N) is 1. The third-order valence-electron chi connectivity index (χ3n) is 3.62. The lowest BCUT2D eigenvalue weighted by Crippen LogP contribution is -2.14. The molecule has 0 radical (unpaired) electrons. The van der Waals surface area contributed by atoms with Crippen molar-refractivity contribution >= 4 is 5.82 Å². The Morgan fingerprint density at radius 3 is 2.94 bits per heavy atom. The minimum atomic E-state index is -0.210. The predicted molar refractivity (Wildman–Crippen MR) is 72.7 cm³/mol. The van der Waals surface area contributed by atoms with Crippen molar-refractivity contribution in [1.29, 1.82) is 0 Å². The third-order valence-corrected chi connectivity index (χ3v) is 3.62. The molecule has 0 aliphatic heterocycles. The van der Waals surface area contributed by atoms with Gasteiger partial charge in [0.05, 0.1) is 6.10 Å². The molecule has 4 nitrogen and oxygen atoms in total. The van der Waals surface area contributed by atoms with Gasteiger partial charge in [-0.05, 0) is 38.5 Å². The van der Waals surface area contributed by atoms with Gasteiger partial charge in [0, 0.05) is 17.8 Å². The van der Waals surface area contributed by atoms with Crippen molar-refractivity contribution in [3.8, 4) is 0 Å². The van der Waals surface area contributed by atoms with Crippen LogP contribution in [0.3, 0.4) is 0 Å². The van der Waals surface area contributed by atoms with Crippen molar-refractivity contribution < 1.29 is 5.11 Å². The first-order valence-electron chi connectivity index (χ1n) is 7.06. The van der Waals surface area contributed by atoms with Crippen molar-refractivity contribution in [3.05, 3.63) is 17.6 Å². The van der Waals surface area contributed by atoms with Crippen LogP contribution in [0.5, 0.6) is 0 Å². The fraction of sp³-hybridized carbons (Fsp3) is 0.714. The lowest BCUT2D eigenvalue weighted by Gasteiger charge is -2.13. The molecule has 0 saturated carbocycles. The summed E-state index contributed by atoms with van der Waals surface area (Å²) in [6.07, 6.45) is 8.92. The normalized spacial score (nSPS) is 16.8. The average Bonchev–Trinajstić information content (AvgIpc) is 2.64. The fourth-order valence-corrected chi connectivity index (χ4v) is 2.41. The zero-order valence-electron chi connectivity index (χ0n) is 11.2. The summed E-state index contributed by atoms with van der Waals surface area (Å²) in [5, 5.41) is 12.9. The number of aromatic nitrogens is 2. The maximum atomic E-state index is 9.55. The molecule has 0 fully saturated rings. The highest BCUT2D eigenvalue weighted by Gasteiger charge is 2.14. The molecule has 0 aromatic carbocycles. The lowest BCUT2D eigenvalue weighted by molar-refractivity contribution is 0.164. The Hall–Kier alpha value is -1.16. The molecule has 1 aromatic rings. The smallest absolute Gasteiger partial charge is 0.132 e. The van der Waals surface area contributed by atoms with E-state index in [1.54, 1.807) is 6.33 Å². The van der Waals surface area contributed by atoms with Crippen LogP contribution in [-0.2, 0) is 12.8 Å². The summed E-state index contributed by atoms with van der Waals surface area (Å²) in [6, 6.07) is 0. The van der Waals surface area contributed by atoms with Crippen LogP contribution in [0.15, 0.2) is 6.33 Å². The molecule has 0 amide bonds. The van der Waals surface area contributed by atoms with Gasteiger partial charge in [0.25, 0.3) is 0 Å². The summed E-state index contributed by atoms with van der Waals surface area (Å²) in [5.41, 5.74) is 2.50. The highest BCUT2D eigenvalue weighted by molar-refractivity contribution is 5.46. The Bertz CT molecular complexity index is 381. The minimum absolute atomic E-state index is 0.210. The number of hydrogen-bond acceptors (Lipinski definition) is 4. The van der Waals surface area contributed by atoms with E-state index in [4.69, 9.17) is 0 Å². The van der Waals surface area contributed by atoms with Gasteiger partial charge in [-0.1, -0.05) is 13.3 Å². The Morgan fingerprint density at radius 1 is 1.28 bits per heavy atom. The summed E-state index contributed by atoms with van der Waals surface area (Å²) < 4.78 is 0. The maximum absolute atomic E-state index is 9.55. The molecule has 1 unspecified atom stereocenters. The van der Waals surface area contributed by atoms with E-state index in [0.29, 0.717) is 0 Å². The number of rotatable bonds is 5. The standard InChI is InChI=1S/C14H23N3O/c1-2-11(18)8-9-15-14-12-6-4-3-5-7-13(12)16-10-17-14/h10-11,18H,2-9H2,1H3,(H,15,16,17). The Balaban J connectivity index is 1.99. The number of fused-ring (bicyclic) bond motifs is 1. The van der Waals surface area contributed by atoms with E-state index in [-0.39, 0.29) is 6.10 Å². The van der Waals surface area contributed by atoms with Crippen LogP contribution in [0, 0.1) is 0 Å². The van der Waals surface area contributed by atoms with E-state index in [9.17, 15) is 5.11 Å². The van der Waals surface area contributed by atoms with Crippen LogP contribution in [-0.4, -0.2) is 27.7 Å². The lowest BCUT2D eigenvalue weighted by atomic mass is 10.1. The van der Waals surface area contributed by atoms with E-state index in [1.165, 1.54) is 30.5 Å². The molecule has 4 heteroatoms. The van der Waals surface area contributed by atoms with E-state index in [0.717, 1.165) is 38.0 Å². The molecule has 1 atom stereocenters. The van der Waals surface area contributed by atoms with Crippen LogP contribution in [0.2, 0.25) is 0 Å². The summed E-state index contributed by atoms with van der Waals surface area (Å²) in [7, 11) is 0. The van der Waals surface area contributed by atoms with Crippen LogP contribution in [0.25, 0.3) is 0 Å². The molecule has 0 bridgehead atoms. The Labute approximate surface area is 109 Å². The number of hydrogen-bond donors (Lipinski definition) is 2. The number of aliphatic hydroxyl groups is 1. The van der Waals surface area contributed by atoms with Gasteiger partial charge in [-0.25, -0.2) is 9.97 Å². The van der Waals surface area contributed by atoms with E-state index in [1.807, 2.05) is 6.92 Å². The van der Waals surface area contributed by atoms with Gasteiger partial charge in [-0.2, -0.15) is 0 Å². The Morgan fingerprint density at radius 2 is 2.11 bits per heavy atom. The SMILES string of the molecule is CCC(O)CCNc1ncnc2c1CCCCC2. The van der Waals surface area contributed by atoms with Gasteiger partial charge in [0.2, 0.25) is 0 Å². The minimum Gasteiger partial charge on any atom is -0.393 e. The molecule has 1 aromatic heterocycles. The van der Waals surface area contributed by atoms with Gasteiger partial charge in [-0.3, -0.25) is 0 Å².